The van der Waals surface area contributed by atoms with Crippen molar-refractivity contribution in [1.29, 1.82) is 0 Å². The number of halogens is 3. The summed E-state index contributed by atoms with van der Waals surface area (Å²) in [5.74, 6) is 0.371. The number of pyridine rings is 3. The molecule has 0 bridgehead atoms. The van der Waals surface area contributed by atoms with Crippen LogP contribution in [0.25, 0.3) is 22.0 Å². The predicted octanol–water partition coefficient (Wildman–Crippen LogP) is 6.33. The first-order chi connectivity index (χ1) is 19.5. The van der Waals surface area contributed by atoms with Crippen LogP contribution in [0.1, 0.15) is 21.5 Å². The molecule has 1 amide bonds. The molecule has 0 aliphatic heterocycles. The van der Waals surface area contributed by atoms with E-state index in [1.807, 2.05) is 6.92 Å². The van der Waals surface area contributed by atoms with E-state index in [0.717, 1.165) is 17.7 Å². The molecule has 0 saturated heterocycles. The van der Waals surface area contributed by atoms with Crippen LogP contribution in [0.2, 0.25) is 0 Å². The number of rotatable bonds is 6. The number of nitrogens with one attached hydrogen (secondary N) is 2. The number of hydrogen-bond acceptors (Lipinski definition) is 6. The quantitative estimate of drug-likeness (QED) is 0.252. The SMILES string of the molecule is COc1ccncc1Nc1cc2c(cn1)cc(-c1cc(NC(=O)c3cccc(C(F)(F)F)c3)ccc1C)c(=O)n2C. The lowest BCUT2D eigenvalue weighted by Gasteiger charge is -2.14. The maximum Gasteiger partial charge on any atom is 0.416 e. The minimum Gasteiger partial charge on any atom is -0.494 e. The number of ether oxygens (including phenoxy) is 1. The molecule has 3 aromatic heterocycles. The van der Waals surface area contributed by atoms with E-state index in [9.17, 15) is 22.8 Å². The lowest BCUT2D eigenvalue weighted by atomic mass is 9.99. The number of alkyl halides is 3. The molecule has 0 aliphatic carbocycles. The fourth-order valence-electron chi connectivity index (χ4n) is 4.45. The third-order valence-corrected chi connectivity index (χ3v) is 6.61. The number of hydrogen-bond donors (Lipinski definition) is 2. The van der Waals surface area contributed by atoms with E-state index in [0.29, 0.717) is 45.0 Å². The number of carbonyl (C=O) groups excluding carboxylic acids is 1. The van der Waals surface area contributed by atoms with Crippen LogP contribution in [0.5, 0.6) is 5.75 Å². The summed E-state index contributed by atoms with van der Waals surface area (Å²) in [5.41, 5.74) is 1.96. The molecule has 11 heteroatoms. The number of amides is 1. The molecule has 0 saturated carbocycles. The summed E-state index contributed by atoms with van der Waals surface area (Å²) in [7, 11) is 3.20. The lowest BCUT2D eigenvalue weighted by Crippen LogP contribution is -2.19. The molecule has 0 spiro atoms. The number of aromatic nitrogens is 3. The monoisotopic (exact) mass is 559 g/mol. The maximum atomic E-state index is 13.5. The predicted molar refractivity (Wildman–Crippen MR) is 151 cm³/mol. The van der Waals surface area contributed by atoms with Crippen molar-refractivity contribution < 1.29 is 22.7 Å². The van der Waals surface area contributed by atoms with Gasteiger partial charge >= 0.3 is 6.18 Å². The van der Waals surface area contributed by atoms with Crippen molar-refractivity contribution in [1.82, 2.24) is 14.5 Å². The molecule has 41 heavy (non-hydrogen) atoms. The molecule has 0 atom stereocenters. The van der Waals surface area contributed by atoms with Gasteiger partial charge in [0.2, 0.25) is 0 Å². The largest absolute Gasteiger partial charge is 0.494 e. The highest BCUT2D eigenvalue weighted by molar-refractivity contribution is 6.04. The summed E-state index contributed by atoms with van der Waals surface area (Å²) >= 11 is 0. The van der Waals surface area contributed by atoms with E-state index in [1.54, 1.807) is 69.1 Å². The highest BCUT2D eigenvalue weighted by Crippen LogP contribution is 2.31. The zero-order valence-corrected chi connectivity index (χ0v) is 22.2. The second kappa shape index (κ2) is 10.8. The van der Waals surface area contributed by atoms with Crippen LogP contribution in [0.4, 0.5) is 30.4 Å². The first-order valence-electron chi connectivity index (χ1n) is 12.4. The number of fused-ring (bicyclic) bond motifs is 1. The highest BCUT2D eigenvalue weighted by atomic mass is 19.4. The van der Waals surface area contributed by atoms with Crippen LogP contribution < -0.4 is 20.9 Å². The normalized spacial score (nSPS) is 11.4. The zero-order valence-electron chi connectivity index (χ0n) is 22.2. The van der Waals surface area contributed by atoms with Gasteiger partial charge in [-0.25, -0.2) is 4.98 Å². The minimum absolute atomic E-state index is 0.136. The van der Waals surface area contributed by atoms with Gasteiger partial charge in [-0.1, -0.05) is 12.1 Å². The Morgan fingerprint density at radius 2 is 1.80 bits per heavy atom. The van der Waals surface area contributed by atoms with Crippen LogP contribution in [-0.2, 0) is 13.2 Å². The van der Waals surface area contributed by atoms with E-state index >= 15 is 0 Å². The van der Waals surface area contributed by atoms with Crippen molar-refractivity contribution in [2.45, 2.75) is 13.1 Å². The second-order valence-electron chi connectivity index (χ2n) is 9.31. The van der Waals surface area contributed by atoms with E-state index in [4.69, 9.17) is 4.74 Å². The van der Waals surface area contributed by atoms with Gasteiger partial charge in [0.05, 0.1) is 24.4 Å². The number of anilines is 3. The lowest BCUT2D eigenvalue weighted by molar-refractivity contribution is -0.137. The van der Waals surface area contributed by atoms with Gasteiger partial charge in [0.15, 0.2) is 0 Å². The van der Waals surface area contributed by atoms with Gasteiger partial charge < -0.3 is 19.9 Å². The molecular weight excluding hydrogens is 535 g/mol. The Morgan fingerprint density at radius 1 is 1.00 bits per heavy atom. The number of methoxy groups -OCH3 is 1. The minimum atomic E-state index is -4.57. The molecule has 208 valence electrons. The maximum absolute atomic E-state index is 13.5. The fourth-order valence-corrected chi connectivity index (χ4v) is 4.45. The molecule has 0 aliphatic rings. The van der Waals surface area contributed by atoms with E-state index in [1.165, 1.54) is 16.7 Å². The topological polar surface area (TPSA) is 98.1 Å². The summed E-state index contributed by atoms with van der Waals surface area (Å²) in [6.45, 7) is 1.82. The average molecular weight is 560 g/mol. The molecule has 0 unspecified atom stereocenters. The number of benzene rings is 2. The summed E-state index contributed by atoms with van der Waals surface area (Å²) in [5, 5.41) is 6.48. The summed E-state index contributed by atoms with van der Waals surface area (Å²) < 4.78 is 46.1. The standard InChI is InChI=1S/C30H24F3N5O3/c1-17-7-8-21(36-28(39)18-5-4-6-20(11-18)30(31,32)33)13-22(17)23-12-19-15-35-27(14-25(19)38(2)29(23)40)37-24-16-34-10-9-26(24)41-3/h4-16H,1-3H3,(H,35,37)(H,36,39). The Kier molecular flexibility index (Phi) is 7.19. The molecule has 3 heterocycles. The van der Waals surface area contributed by atoms with Crippen molar-refractivity contribution in [3.63, 3.8) is 0 Å². The van der Waals surface area contributed by atoms with Crippen molar-refractivity contribution >= 4 is 34.0 Å². The van der Waals surface area contributed by atoms with Crippen LogP contribution >= 0.6 is 0 Å². The average Bonchev–Trinajstić information content (AvgIpc) is 2.96. The van der Waals surface area contributed by atoms with Gasteiger partial charge in [0, 0.05) is 53.8 Å². The molecule has 0 radical (unpaired) electrons. The van der Waals surface area contributed by atoms with Crippen molar-refractivity contribution in [2.75, 3.05) is 17.7 Å². The van der Waals surface area contributed by atoms with E-state index in [2.05, 4.69) is 20.6 Å². The van der Waals surface area contributed by atoms with Gasteiger partial charge in [-0.2, -0.15) is 13.2 Å². The van der Waals surface area contributed by atoms with E-state index in [-0.39, 0.29) is 11.1 Å². The van der Waals surface area contributed by atoms with Gasteiger partial charge in [-0.05, 0) is 54.4 Å². The van der Waals surface area contributed by atoms with Gasteiger partial charge in [0.1, 0.15) is 17.3 Å². The number of nitrogens with zero attached hydrogens (tertiary/aromatic N) is 3. The Hall–Kier alpha value is -5.19. The summed E-state index contributed by atoms with van der Waals surface area (Å²) in [4.78, 5) is 34.8. The highest BCUT2D eigenvalue weighted by Gasteiger charge is 2.31. The Balaban J connectivity index is 1.47. The van der Waals surface area contributed by atoms with Crippen molar-refractivity contribution in [3.8, 4) is 16.9 Å². The molecule has 5 rings (SSSR count). The second-order valence-corrected chi connectivity index (χ2v) is 9.31. The molecule has 0 fully saturated rings. The molecule has 2 aromatic carbocycles. The van der Waals surface area contributed by atoms with Crippen LogP contribution in [0.15, 0.2) is 84.0 Å². The Bertz CT molecular complexity index is 1850. The summed E-state index contributed by atoms with van der Waals surface area (Å²) in [6, 6.07) is 14.3. The van der Waals surface area contributed by atoms with Crippen LogP contribution in [-0.4, -0.2) is 27.6 Å². The number of aryl methyl sites for hydroxylation is 2. The Morgan fingerprint density at radius 3 is 2.56 bits per heavy atom. The van der Waals surface area contributed by atoms with Crippen molar-refractivity contribution in [3.05, 3.63) is 106 Å². The third-order valence-electron chi connectivity index (χ3n) is 6.61. The van der Waals surface area contributed by atoms with Gasteiger partial charge in [0.25, 0.3) is 11.5 Å². The number of carbonyl (C=O) groups is 1. The third kappa shape index (κ3) is 5.60. The van der Waals surface area contributed by atoms with Crippen molar-refractivity contribution in [2.24, 2.45) is 7.05 Å². The van der Waals surface area contributed by atoms with Crippen LogP contribution in [0.3, 0.4) is 0 Å². The van der Waals surface area contributed by atoms with E-state index < -0.39 is 17.6 Å². The molecule has 5 aromatic rings. The smallest absolute Gasteiger partial charge is 0.416 e. The summed E-state index contributed by atoms with van der Waals surface area (Å²) in [6.07, 6.45) is 0.282. The molecule has 2 N–H and O–H groups in total. The molecule has 8 nitrogen and oxygen atoms in total. The molecular formula is C30H24F3N5O3. The van der Waals surface area contributed by atoms with Gasteiger partial charge in [-0.15, -0.1) is 0 Å². The van der Waals surface area contributed by atoms with Crippen LogP contribution in [0, 0.1) is 6.92 Å². The first kappa shape index (κ1) is 27.4. The zero-order chi connectivity index (χ0) is 29.3. The fraction of sp³-hybridized carbons (Fsp3) is 0.133. The Labute approximate surface area is 232 Å². The first-order valence-corrected chi connectivity index (χ1v) is 12.4. The van der Waals surface area contributed by atoms with Gasteiger partial charge in [-0.3, -0.25) is 14.6 Å².